The molecule has 4 atom stereocenters. The molecule has 1 aliphatic heterocycles. The van der Waals surface area contributed by atoms with Crippen LogP contribution >= 0.6 is 15.9 Å². The number of hydrogen-bond donors (Lipinski definition) is 3. The molecule has 3 saturated carbocycles. The minimum atomic E-state index is -0.0834. The molecule has 1 aromatic rings. The minimum Gasteiger partial charge on any atom is -0.330 e. The maximum absolute atomic E-state index is 14.8. The van der Waals surface area contributed by atoms with E-state index in [1.54, 1.807) is 6.07 Å². The van der Waals surface area contributed by atoms with Crippen molar-refractivity contribution in [2.45, 2.75) is 51.0 Å². The van der Waals surface area contributed by atoms with E-state index >= 15 is 0 Å². The Balaban J connectivity index is 1.42. The molecular formula is C23H33BrFN3. The van der Waals surface area contributed by atoms with Gasteiger partial charge in [0, 0.05) is 10.5 Å². The molecule has 4 N–H and O–H groups in total. The first-order chi connectivity index (χ1) is 13.6. The molecule has 3 nitrogen and oxygen atoms in total. The van der Waals surface area contributed by atoms with Crippen LogP contribution in [0.15, 0.2) is 22.7 Å². The molecule has 4 aliphatic rings. The van der Waals surface area contributed by atoms with Gasteiger partial charge in [-0.3, -0.25) is 0 Å². The Morgan fingerprint density at radius 1 is 1.18 bits per heavy atom. The first-order valence-electron chi connectivity index (χ1n) is 11.2. The molecule has 4 fully saturated rings. The Kier molecular flexibility index (Phi) is 5.10. The van der Waals surface area contributed by atoms with Crippen LogP contribution in [-0.4, -0.2) is 32.2 Å². The summed E-state index contributed by atoms with van der Waals surface area (Å²) in [6.07, 6.45) is 8.61. The third-order valence-electron chi connectivity index (χ3n) is 8.82. The van der Waals surface area contributed by atoms with Crippen molar-refractivity contribution in [1.82, 2.24) is 10.6 Å². The average molecular weight is 450 g/mol. The van der Waals surface area contributed by atoms with E-state index in [0.29, 0.717) is 29.8 Å². The van der Waals surface area contributed by atoms with Crippen molar-refractivity contribution in [1.29, 1.82) is 0 Å². The van der Waals surface area contributed by atoms with Gasteiger partial charge in [-0.1, -0.05) is 22.0 Å². The zero-order valence-corrected chi connectivity index (χ0v) is 18.2. The second-order valence-electron chi connectivity index (χ2n) is 9.86. The molecule has 1 heterocycles. The molecule has 2 bridgehead atoms. The van der Waals surface area contributed by atoms with Crippen molar-refractivity contribution in [3.8, 4) is 0 Å². The molecule has 5 heteroatoms. The molecule has 1 spiro atoms. The molecule has 5 rings (SSSR count). The van der Waals surface area contributed by atoms with Crippen LogP contribution in [0.3, 0.4) is 0 Å². The van der Waals surface area contributed by atoms with Gasteiger partial charge in [-0.2, -0.15) is 0 Å². The van der Waals surface area contributed by atoms with Crippen molar-refractivity contribution in [2.24, 2.45) is 34.3 Å². The Bertz CT molecular complexity index is 731. The molecule has 0 amide bonds. The summed E-state index contributed by atoms with van der Waals surface area (Å²) in [4.78, 5) is 0. The van der Waals surface area contributed by atoms with E-state index in [0.717, 1.165) is 42.0 Å². The van der Waals surface area contributed by atoms with Crippen molar-refractivity contribution in [3.63, 3.8) is 0 Å². The van der Waals surface area contributed by atoms with E-state index in [4.69, 9.17) is 5.73 Å². The number of rotatable bonds is 6. The van der Waals surface area contributed by atoms with E-state index in [1.807, 2.05) is 12.1 Å². The summed E-state index contributed by atoms with van der Waals surface area (Å²) in [6, 6.07) is 6.18. The standard InChI is InChI=1S/C23H33BrFN3/c24-16-2-1-15(20(25)11-16)12-23(14-26)19(13-28-17-5-9-27-10-6-17)18-3-4-21(23)22(18)7-8-22/h1-2,11,17-19,21,27-28H,3-10,12-14,26H2. The summed E-state index contributed by atoms with van der Waals surface area (Å²) < 4.78 is 15.6. The molecule has 1 saturated heterocycles. The summed E-state index contributed by atoms with van der Waals surface area (Å²) in [7, 11) is 0. The lowest BCUT2D eigenvalue weighted by atomic mass is 9.62. The molecular weight excluding hydrogens is 417 g/mol. The van der Waals surface area contributed by atoms with E-state index in [1.165, 1.54) is 38.5 Å². The fraction of sp³-hybridized carbons (Fsp3) is 0.739. The Hall–Kier alpha value is -0.490. The first-order valence-corrected chi connectivity index (χ1v) is 12.0. The number of benzene rings is 1. The quantitative estimate of drug-likeness (QED) is 0.617. The number of nitrogens with one attached hydrogen (secondary N) is 2. The van der Waals surface area contributed by atoms with Crippen LogP contribution in [0.25, 0.3) is 0 Å². The van der Waals surface area contributed by atoms with Crippen molar-refractivity contribution in [2.75, 3.05) is 26.2 Å². The van der Waals surface area contributed by atoms with Gasteiger partial charge in [0.05, 0.1) is 0 Å². The van der Waals surface area contributed by atoms with E-state index in [2.05, 4.69) is 26.6 Å². The van der Waals surface area contributed by atoms with Crippen LogP contribution in [0.1, 0.15) is 44.1 Å². The first kappa shape index (κ1) is 19.5. The zero-order valence-electron chi connectivity index (χ0n) is 16.7. The molecule has 4 unspecified atom stereocenters. The number of piperidine rings is 1. The molecule has 28 heavy (non-hydrogen) atoms. The van der Waals surface area contributed by atoms with Gasteiger partial charge in [0.15, 0.2) is 0 Å². The molecule has 154 valence electrons. The third kappa shape index (κ3) is 3.00. The van der Waals surface area contributed by atoms with Gasteiger partial charge in [-0.05, 0) is 117 Å². The van der Waals surface area contributed by atoms with Crippen LogP contribution in [0.4, 0.5) is 4.39 Å². The smallest absolute Gasteiger partial charge is 0.127 e. The Labute approximate surface area is 176 Å². The third-order valence-corrected chi connectivity index (χ3v) is 9.32. The molecule has 3 aliphatic carbocycles. The highest BCUT2D eigenvalue weighted by Crippen LogP contribution is 2.78. The molecule has 0 radical (unpaired) electrons. The highest BCUT2D eigenvalue weighted by molar-refractivity contribution is 9.10. The van der Waals surface area contributed by atoms with Gasteiger partial charge in [-0.25, -0.2) is 4.39 Å². The predicted octanol–water partition coefficient (Wildman–Crippen LogP) is 3.85. The van der Waals surface area contributed by atoms with Crippen LogP contribution in [0.2, 0.25) is 0 Å². The SMILES string of the molecule is NCC1(Cc2ccc(Br)cc2F)C(CNC2CCNCC2)C2CCC1C21CC1. The van der Waals surface area contributed by atoms with Crippen molar-refractivity contribution in [3.05, 3.63) is 34.1 Å². The second kappa shape index (κ2) is 7.33. The van der Waals surface area contributed by atoms with Gasteiger partial charge < -0.3 is 16.4 Å². The number of hydrogen-bond acceptors (Lipinski definition) is 3. The largest absolute Gasteiger partial charge is 0.330 e. The molecule has 1 aromatic carbocycles. The van der Waals surface area contributed by atoms with Gasteiger partial charge in [0.2, 0.25) is 0 Å². The lowest BCUT2D eigenvalue weighted by Gasteiger charge is -2.44. The highest BCUT2D eigenvalue weighted by atomic mass is 79.9. The summed E-state index contributed by atoms with van der Waals surface area (Å²) in [5.41, 5.74) is 8.00. The Morgan fingerprint density at radius 2 is 1.96 bits per heavy atom. The van der Waals surface area contributed by atoms with E-state index in [-0.39, 0.29) is 11.2 Å². The van der Waals surface area contributed by atoms with Gasteiger partial charge in [-0.15, -0.1) is 0 Å². The lowest BCUT2D eigenvalue weighted by Crippen LogP contribution is -2.50. The van der Waals surface area contributed by atoms with E-state index in [9.17, 15) is 4.39 Å². The monoisotopic (exact) mass is 449 g/mol. The van der Waals surface area contributed by atoms with Crippen molar-refractivity contribution < 1.29 is 4.39 Å². The number of nitrogens with two attached hydrogens (primary N) is 1. The van der Waals surface area contributed by atoms with Crippen LogP contribution in [0.5, 0.6) is 0 Å². The van der Waals surface area contributed by atoms with Crippen LogP contribution < -0.4 is 16.4 Å². The van der Waals surface area contributed by atoms with Crippen LogP contribution in [-0.2, 0) is 6.42 Å². The van der Waals surface area contributed by atoms with Crippen LogP contribution in [0, 0.1) is 34.4 Å². The average Bonchev–Trinajstić information content (AvgIpc) is 3.37. The fourth-order valence-corrected chi connectivity index (χ4v) is 7.80. The maximum Gasteiger partial charge on any atom is 0.127 e. The Morgan fingerprint density at radius 3 is 2.64 bits per heavy atom. The topological polar surface area (TPSA) is 50.1 Å². The summed E-state index contributed by atoms with van der Waals surface area (Å²) in [5.74, 6) is 1.96. The summed E-state index contributed by atoms with van der Waals surface area (Å²) in [5, 5.41) is 7.37. The zero-order chi connectivity index (χ0) is 19.4. The molecule has 0 aromatic heterocycles. The summed E-state index contributed by atoms with van der Waals surface area (Å²) in [6.45, 7) is 3.97. The van der Waals surface area contributed by atoms with Gasteiger partial charge >= 0.3 is 0 Å². The van der Waals surface area contributed by atoms with Crippen molar-refractivity contribution >= 4 is 15.9 Å². The number of halogens is 2. The fourth-order valence-electron chi connectivity index (χ4n) is 7.47. The van der Waals surface area contributed by atoms with Gasteiger partial charge in [0.25, 0.3) is 0 Å². The lowest BCUT2D eigenvalue weighted by molar-refractivity contribution is 0.0798. The summed E-state index contributed by atoms with van der Waals surface area (Å²) >= 11 is 3.40. The van der Waals surface area contributed by atoms with Gasteiger partial charge in [0.1, 0.15) is 5.82 Å². The highest BCUT2D eigenvalue weighted by Gasteiger charge is 2.73. The normalized spacial score (nSPS) is 36.3. The predicted molar refractivity (Wildman–Crippen MR) is 115 cm³/mol. The maximum atomic E-state index is 14.8. The second-order valence-corrected chi connectivity index (χ2v) is 10.8. The minimum absolute atomic E-state index is 0.0496. The van der Waals surface area contributed by atoms with E-state index < -0.39 is 0 Å².